The summed E-state index contributed by atoms with van der Waals surface area (Å²) in [7, 11) is 0. The van der Waals surface area contributed by atoms with Crippen molar-refractivity contribution in [1.29, 1.82) is 0 Å². The molecule has 2 heterocycles. The van der Waals surface area contributed by atoms with Gasteiger partial charge >= 0.3 is 0 Å². The standard InChI is InChI=1S/C17H19F2N3O2S/c18-13-2-1-10(8-14(13)19)7-12-9-21-17(25-12)22-16(23)15(20)11-3-5-24-6-4-11/h1-2,8-9,11,15H,3-7,20H2,(H,21,22,23). The fourth-order valence-electron chi connectivity index (χ4n) is 2.78. The number of aromatic nitrogens is 1. The number of thiazole rings is 1. The summed E-state index contributed by atoms with van der Waals surface area (Å²) in [5.74, 6) is -1.91. The van der Waals surface area contributed by atoms with E-state index in [4.69, 9.17) is 10.5 Å². The number of rotatable bonds is 5. The maximum absolute atomic E-state index is 13.3. The molecule has 1 amide bonds. The predicted octanol–water partition coefficient (Wildman–Crippen LogP) is 2.70. The van der Waals surface area contributed by atoms with Crippen LogP contribution in [0.15, 0.2) is 24.4 Å². The molecule has 0 spiro atoms. The third-order valence-corrected chi connectivity index (χ3v) is 5.14. The second kappa shape index (κ2) is 7.99. The van der Waals surface area contributed by atoms with E-state index >= 15 is 0 Å². The number of hydrogen-bond acceptors (Lipinski definition) is 5. The Morgan fingerprint density at radius 1 is 1.36 bits per heavy atom. The molecule has 3 rings (SSSR count). The van der Waals surface area contributed by atoms with Gasteiger partial charge in [0.2, 0.25) is 5.91 Å². The lowest BCUT2D eigenvalue weighted by Crippen LogP contribution is -2.43. The zero-order valence-corrected chi connectivity index (χ0v) is 14.3. The Balaban J connectivity index is 1.59. The van der Waals surface area contributed by atoms with E-state index in [1.165, 1.54) is 17.4 Å². The minimum atomic E-state index is -0.877. The molecule has 1 aliphatic heterocycles. The molecule has 5 nitrogen and oxygen atoms in total. The minimum Gasteiger partial charge on any atom is -0.381 e. The van der Waals surface area contributed by atoms with Gasteiger partial charge < -0.3 is 15.8 Å². The van der Waals surface area contributed by atoms with E-state index in [0.717, 1.165) is 29.9 Å². The normalized spacial score (nSPS) is 16.6. The molecule has 3 N–H and O–H groups in total. The van der Waals surface area contributed by atoms with E-state index in [9.17, 15) is 13.6 Å². The van der Waals surface area contributed by atoms with Crippen LogP contribution in [0.25, 0.3) is 0 Å². The van der Waals surface area contributed by atoms with Crippen LogP contribution in [0.4, 0.5) is 13.9 Å². The Bertz CT molecular complexity index is 747. The molecular formula is C17H19F2N3O2S. The van der Waals surface area contributed by atoms with Crippen LogP contribution in [0, 0.1) is 17.6 Å². The number of nitrogens with zero attached hydrogens (tertiary/aromatic N) is 1. The molecule has 0 aliphatic carbocycles. The number of nitrogens with two attached hydrogens (primary N) is 1. The number of hydrogen-bond donors (Lipinski definition) is 2. The van der Waals surface area contributed by atoms with Gasteiger partial charge in [0.05, 0.1) is 6.04 Å². The summed E-state index contributed by atoms with van der Waals surface area (Å²) >= 11 is 1.29. The lowest BCUT2D eigenvalue weighted by atomic mass is 9.92. The second-order valence-electron chi connectivity index (χ2n) is 6.02. The van der Waals surface area contributed by atoms with E-state index in [2.05, 4.69) is 10.3 Å². The smallest absolute Gasteiger partial charge is 0.243 e. The Hall–Kier alpha value is -1.90. The van der Waals surface area contributed by atoms with Crippen molar-refractivity contribution in [2.45, 2.75) is 25.3 Å². The molecule has 0 saturated carbocycles. The highest BCUT2D eigenvalue weighted by molar-refractivity contribution is 7.15. The van der Waals surface area contributed by atoms with Crippen molar-refractivity contribution >= 4 is 22.4 Å². The summed E-state index contributed by atoms with van der Waals surface area (Å²) in [5, 5.41) is 3.18. The van der Waals surface area contributed by atoms with Crippen LogP contribution < -0.4 is 11.1 Å². The van der Waals surface area contributed by atoms with Crippen molar-refractivity contribution < 1.29 is 18.3 Å². The van der Waals surface area contributed by atoms with Gasteiger partial charge in [0.1, 0.15) is 0 Å². The fourth-order valence-corrected chi connectivity index (χ4v) is 3.63. The molecule has 1 saturated heterocycles. The van der Waals surface area contributed by atoms with Gasteiger partial charge in [-0.1, -0.05) is 6.07 Å². The van der Waals surface area contributed by atoms with Crippen LogP contribution in [0.1, 0.15) is 23.3 Å². The molecule has 25 heavy (non-hydrogen) atoms. The first-order valence-corrected chi connectivity index (χ1v) is 8.87. The summed E-state index contributed by atoms with van der Waals surface area (Å²) in [5.41, 5.74) is 6.67. The maximum atomic E-state index is 13.3. The van der Waals surface area contributed by atoms with Gasteiger partial charge in [0.15, 0.2) is 16.8 Å². The highest BCUT2D eigenvalue weighted by Gasteiger charge is 2.27. The molecule has 0 bridgehead atoms. The Morgan fingerprint density at radius 2 is 2.12 bits per heavy atom. The molecule has 8 heteroatoms. The van der Waals surface area contributed by atoms with Crippen molar-refractivity contribution in [3.63, 3.8) is 0 Å². The number of carbonyl (C=O) groups is 1. The first kappa shape index (κ1) is 17.9. The van der Waals surface area contributed by atoms with Gasteiger partial charge in [0.25, 0.3) is 0 Å². The van der Waals surface area contributed by atoms with Crippen molar-refractivity contribution in [2.75, 3.05) is 18.5 Å². The summed E-state index contributed by atoms with van der Waals surface area (Å²) < 4.78 is 31.5. The maximum Gasteiger partial charge on any atom is 0.243 e. The monoisotopic (exact) mass is 367 g/mol. The van der Waals surface area contributed by atoms with Gasteiger partial charge in [-0.05, 0) is 36.5 Å². The zero-order chi connectivity index (χ0) is 17.8. The van der Waals surface area contributed by atoms with E-state index < -0.39 is 17.7 Å². The molecule has 0 radical (unpaired) electrons. The van der Waals surface area contributed by atoms with E-state index in [1.807, 2.05) is 0 Å². The average molecular weight is 367 g/mol. The molecular weight excluding hydrogens is 348 g/mol. The minimum absolute atomic E-state index is 0.107. The molecule has 1 aromatic carbocycles. The van der Waals surface area contributed by atoms with Crippen LogP contribution in [0.3, 0.4) is 0 Å². The quantitative estimate of drug-likeness (QED) is 0.852. The average Bonchev–Trinajstić information content (AvgIpc) is 3.05. The number of benzene rings is 1. The SMILES string of the molecule is NC(C(=O)Nc1ncc(Cc2ccc(F)c(F)c2)s1)C1CCOCC1. The van der Waals surface area contributed by atoms with Gasteiger partial charge in [-0.15, -0.1) is 11.3 Å². The fraction of sp³-hybridized carbons (Fsp3) is 0.412. The molecule has 1 fully saturated rings. The lowest BCUT2D eigenvalue weighted by Gasteiger charge is -2.26. The van der Waals surface area contributed by atoms with E-state index in [0.29, 0.717) is 30.3 Å². The first-order chi connectivity index (χ1) is 12.0. The number of halogens is 2. The second-order valence-corrected chi connectivity index (χ2v) is 7.14. The molecule has 2 aromatic rings. The Morgan fingerprint density at radius 3 is 2.84 bits per heavy atom. The molecule has 1 unspecified atom stereocenters. The Kier molecular flexibility index (Phi) is 5.72. The Labute approximate surface area is 148 Å². The number of anilines is 1. The highest BCUT2D eigenvalue weighted by atomic mass is 32.1. The predicted molar refractivity (Wildman–Crippen MR) is 91.4 cm³/mol. The van der Waals surface area contributed by atoms with Crippen molar-refractivity contribution in [1.82, 2.24) is 4.98 Å². The van der Waals surface area contributed by atoms with Crippen LogP contribution in [0.5, 0.6) is 0 Å². The van der Waals surface area contributed by atoms with Gasteiger partial charge in [-0.3, -0.25) is 4.79 Å². The summed E-state index contributed by atoms with van der Waals surface area (Å²) in [6, 6.07) is 3.19. The third kappa shape index (κ3) is 4.59. The molecule has 134 valence electrons. The topological polar surface area (TPSA) is 77.2 Å². The molecule has 1 aliphatic rings. The van der Waals surface area contributed by atoms with Crippen LogP contribution in [-0.2, 0) is 16.0 Å². The van der Waals surface area contributed by atoms with Crippen molar-refractivity contribution in [2.24, 2.45) is 11.7 Å². The highest BCUT2D eigenvalue weighted by Crippen LogP contribution is 2.23. The number of ether oxygens (including phenoxy) is 1. The molecule has 1 aromatic heterocycles. The summed E-state index contributed by atoms with van der Waals surface area (Å²) in [6.45, 7) is 1.25. The van der Waals surface area contributed by atoms with Crippen LogP contribution in [-0.4, -0.2) is 30.1 Å². The zero-order valence-electron chi connectivity index (χ0n) is 13.5. The van der Waals surface area contributed by atoms with Gasteiger partial charge in [-0.2, -0.15) is 0 Å². The van der Waals surface area contributed by atoms with Crippen molar-refractivity contribution in [3.8, 4) is 0 Å². The summed E-state index contributed by atoms with van der Waals surface area (Å²) in [4.78, 5) is 17.3. The molecule has 1 atom stereocenters. The number of carbonyl (C=O) groups excluding carboxylic acids is 1. The van der Waals surface area contributed by atoms with Crippen molar-refractivity contribution in [3.05, 3.63) is 46.5 Å². The van der Waals surface area contributed by atoms with Crippen LogP contribution in [0.2, 0.25) is 0 Å². The number of nitrogens with one attached hydrogen (secondary N) is 1. The van der Waals surface area contributed by atoms with E-state index in [1.54, 1.807) is 6.20 Å². The third-order valence-electron chi connectivity index (χ3n) is 4.22. The summed E-state index contributed by atoms with van der Waals surface area (Å²) in [6.07, 6.45) is 3.57. The van der Waals surface area contributed by atoms with Crippen LogP contribution >= 0.6 is 11.3 Å². The van der Waals surface area contributed by atoms with E-state index in [-0.39, 0.29) is 11.8 Å². The lowest BCUT2D eigenvalue weighted by molar-refractivity contribution is -0.119. The van der Waals surface area contributed by atoms with Gasteiger partial charge in [-0.25, -0.2) is 13.8 Å². The number of amides is 1. The largest absolute Gasteiger partial charge is 0.381 e. The first-order valence-electron chi connectivity index (χ1n) is 8.06. The van der Waals surface area contributed by atoms with Gasteiger partial charge in [0, 0.05) is 30.7 Å².